The van der Waals surface area contributed by atoms with Crippen molar-refractivity contribution in [1.82, 2.24) is 0 Å². The summed E-state index contributed by atoms with van der Waals surface area (Å²) in [5.41, 5.74) is 0. The minimum atomic E-state index is 0.819. The van der Waals surface area contributed by atoms with Crippen LogP contribution in [0.25, 0.3) is 0 Å². The Morgan fingerprint density at radius 1 is 1.07 bits per heavy atom. The summed E-state index contributed by atoms with van der Waals surface area (Å²) in [6.07, 6.45) is 7.34. The Morgan fingerprint density at radius 2 is 1.71 bits per heavy atom. The molecule has 0 amide bonds. The highest BCUT2D eigenvalue weighted by Gasteiger charge is 2.31. The first-order valence-corrected chi connectivity index (χ1v) is 7.19. The number of rotatable bonds is 7. The van der Waals surface area contributed by atoms with Crippen molar-refractivity contribution >= 4 is 11.8 Å². The second-order valence-corrected chi connectivity index (χ2v) is 7.21. The molecule has 1 rings (SSSR count). The van der Waals surface area contributed by atoms with Crippen LogP contribution in [0.3, 0.4) is 0 Å². The molecule has 14 heavy (non-hydrogen) atoms. The van der Waals surface area contributed by atoms with E-state index in [1.165, 1.54) is 32.1 Å². The summed E-state index contributed by atoms with van der Waals surface area (Å²) in [5, 5.41) is 1.80. The van der Waals surface area contributed by atoms with Crippen LogP contribution in [-0.2, 0) is 0 Å². The quantitative estimate of drug-likeness (QED) is 0.590. The van der Waals surface area contributed by atoms with Gasteiger partial charge in [0.25, 0.3) is 0 Å². The average Bonchev–Trinajstić information content (AvgIpc) is 2.83. The van der Waals surface area contributed by atoms with Crippen LogP contribution in [0.15, 0.2) is 0 Å². The molecular weight excluding hydrogens is 188 g/mol. The second kappa shape index (κ2) is 6.05. The largest absolute Gasteiger partial charge is 0.155 e. The highest BCUT2D eigenvalue weighted by Crippen LogP contribution is 2.42. The Labute approximate surface area is 94.2 Å². The van der Waals surface area contributed by atoms with Crippen molar-refractivity contribution in [1.29, 1.82) is 0 Å². The van der Waals surface area contributed by atoms with Crippen molar-refractivity contribution in [3.8, 4) is 0 Å². The molecule has 1 heteroatoms. The van der Waals surface area contributed by atoms with Gasteiger partial charge in [-0.15, -0.1) is 0 Å². The number of hydrogen-bond acceptors (Lipinski definition) is 1. The van der Waals surface area contributed by atoms with Crippen molar-refractivity contribution in [3.63, 3.8) is 0 Å². The van der Waals surface area contributed by atoms with Gasteiger partial charge in [-0.25, -0.2) is 0 Å². The van der Waals surface area contributed by atoms with Crippen LogP contribution in [0, 0.1) is 11.8 Å². The van der Waals surface area contributed by atoms with Crippen LogP contribution in [0.1, 0.15) is 59.8 Å². The smallest absolute Gasteiger partial charge is 0.00779 e. The van der Waals surface area contributed by atoms with Gasteiger partial charge in [0.05, 0.1) is 0 Å². The van der Waals surface area contributed by atoms with E-state index >= 15 is 0 Å². The SMILES string of the molecule is CC(C)CCCC(SC(C)C)C1CC1. The van der Waals surface area contributed by atoms with E-state index in [1.54, 1.807) is 0 Å². The molecular formula is C13H26S. The summed E-state index contributed by atoms with van der Waals surface area (Å²) < 4.78 is 0. The van der Waals surface area contributed by atoms with Gasteiger partial charge in [0, 0.05) is 5.25 Å². The van der Waals surface area contributed by atoms with Crippen LogP contribution < -0.4 is 0 Å². The van der Waals surface area contributed by atoms with E-state index < -0.39 is 0 Å². The van der Waals surface area contributed by atoms with Gasteiger partial charge in [-0.3, -0.25) is 0 Å². The minimum absolute atomic E-state index is 0.819. The molecule has 0 radical (unpaired) electrons. The van der Waals surface area contributed by atoms with E-state index in [0.717, 1.165) is 22.3 Å². The van der Waals surface area contributed by atoms with Crippen molar-refractivity contribution in [2.45, 2.75) is 70.3 Å². The van der Waals surface area contributed by atoms with Gasteiger partial charge in [0.2, 0.25) is 0 Å². The van der Waals surface area contributed by atoms with Gasteiger partial charge in [-0.1, -0.05) is 40.5 Å². The van der Waals surface area contributed by atoms with Gasteiger partial charge in [-0.2, -0.15) is 11.8 Å². The lowest BCUT2D eigenvalue weighted by Gasteiger charge is -2.18. The maximum atomic E-state index is 2.34. The lowest BCUT2D eigenvalue weighted by molar-refractivity contribution is 0.520. The first-order valence-electron chi connectivity index (χ1n) is 6.25. The predicted octanol–water partition coefficient (Wildman–Crippen LogP) is 4.73. The number of thioether (sulfide) groups is 1. The van der Waals surface area contributed by atoms with Gasteiger partial charge in [0.15, 0.2) is 0 Å². The van der Waals surface area contributed by atoms with E-state index in [0.29, 0.717) is 0 Å². The topological polar surface area (TPSA) is 0 Å². The zero-order valence-corrected chi connectivity index (χ0v) is 11.1. The lowest BCUT2D eigenvalue weighted by Crippen LogP contribution is -2.09. The maximum Gasteiger partial charge on any atom is 0.00779 e. The maximum absolute atomic E-state index is 2.34. The highest BCUT2D eigenvalue weighted by atomic mass is 32.2. The van der Waals surface area contributed by atoms with Crippen molar-refractivity contribution in [2.75, 3.05) is 0 Å². The minimum Gasteiger partial charge on any atom is -0.155 e. The molecule has 1 fully saturated rings. The van der Waals surface area contributed by atoms with Crippen molar-refractivity contribution in [3.05, 3.63) is 0 Å². The van der Waals surface area contributed by atoms with Crippen LogP contribution >= 0.6 is 11.8 Å². The summed E-state index contributed by atoms with van der Waals surface area (Å²) in [4.78, 5) is 0. The molecule has 1 unspecified atom stereocenters. The first kappa shape index (κ1) is 12.4. The van der Waals surface area contributed by atoms with E-state index in [9.17, 15) is 0 Å². The zero-order chi connectivity index (χ0) is 10.6. The van der Waals surface area contributed by atoms with Crippen LogP contribution in [0.2, 0.25) is 0 Å². The molecule has 1 aliphatic carbocycles. The third-order valence-electron chi connectivity index (χ3n) is 2.86. The Balaban J connectivity index is 2.15. The molecule has 0 aromatic carbocycles. The molecule has 1 aliphatic rings. The summed E-state index contributed by atoms with van der Waals surface area (Å²) in [5.74, 6) is 1.97. The molecule has 1 atom stereocenters. The van der Waals surface area contributed by atoms with Crippen LogP contribution in [-0.4, -0.2) is 10.5 Å². The summed E-state index contributed by atoms with van der Waals surface area (Å²) in [7, 11) is 0. The van der Waals surface area contributed by atoms with Gasteiger partial charge in [0.1, 0.15) is 0 Å². The lowest BCUT2D eigenvalue weighted by atomic mass is 10.0. The molecule has 0 aliphatic heterocycles. The third kappa shape index (κ3) is 5.29. The van der Waals surface area contributed by atoms with E-state index in [2.05, 4.69) is 39.5 Å². The van der Waals surface area contributed by atoms with E-state index in [4.69, 9.17) is 0 Å². The van der Waals surface area contributed by atoms with Crippen LogP contribution in [0.4, 0.5) is 0 Å². The highest BCUT2D eigenvalue weighted by molar-refractivity contribution is 8.00. The molecule has 0 heterocycles. The average molecular weight is 214 g/mol. The second-order valence-electron chi connectivity index (χ2n) is 5.39. The van der Waals surface area contributed by atoms with Gasteiger partial charge < -0.3 is 0 Å². The summed E-state index contributed by atoms with van der Waals surface area (Å²) in [6, 6.07) is 0. The fourth-order valence-electron chi connectivity index (χ4n) is 1.96. The number of hydrogen-bond donors (Lipinski definition) is 0. The molecule has 0 aromatic heterocycles. The van der Waals surface area contributed by atoms with Gasteiger partial charge in [-0.05, 0) is 36.3 Å². The molecule has 84 valence electrons. The Kier molecular flexibility index (Phi) is 5.36. The molecule has 0 bridgehead atoms. The third-order valence-corrected chi connectivity index (χ3v) is 4.38. The van der Waals surface area contributed by atoms with Gasteiger partial charge >= 0.3 is 0 Å². The summed E-state index contributed by atoms with van der Waals surface area (Å²) >= 11 is 2.22. The zero-order valence-electron chi connectivity index (χ0n) is 10.3. The Hall–Kier alpha value is 0.350. The summed E-state index contributed by atoms with van der Waals surface area (Å²) in [6.45, 7) is 9.34. The fraction of sp³-hybridized carbons (Fsp3) is 1.00. The van der Waals surface area contributed by atoms with E-state index in [1.807, 2.05) is 0 Å². The van der Waals surface area contributed by atoms with Crippen molar-refractivity contribution in [2.24, 2.45) is 11.8 Å². The van der Waals surface area contributed by atoms with E-state index in [-0.39, 0.29) is 0 Å². The van der Waals surface area contributed by atoms with Crippen molar-refractivity contribution < 1.29 is 0 Å². The molecule has 0 N–H and O–H groups in total. The predicted molar refractivity (Wildman–Crippen MR) is 67.9 cm³/mol. The first-order chi connectivity index (χ1) is 6.59. The van der Waals surface area contributed by atoms with Crippen LogP contribution in [0.5, 0.6) is 0 Å². The fourth-order valence-corrected chi connectivity index (χ4v) is 3.46. The monoisotopic (exact) mass is 214 g/mol. The molecule has 0 nitrogen and oxygen atoms in total. The Morgan fingerprint density at radius 3 is 2.14 bits per heavy atom. The Bertz CT molecular complexity index is 147. The normalized spacial score (nSPS) is 19.3. The molecule has 0 spiro atoms. The molecule has 1 saturated carbocycles. The molecule has 0 saturated heterocycles. The standard InChI is InChI=1S/C13H26S/c1-10(2)6-5-7-13(12-8-9-12)14-11(3)4/h10-13H,5-9H2,1-4H3. The molecule has 0 aromatic rings.